The van der Waals surface area contributed by atoms with Gasteiger partial charge in [-0.1, -0.05) is 0 Å². The first kappa shape index (κ1) is 18.3. The van der Waals surface area contributed by atoms with E-state index in [1.165, 1.54) is 12.1 Å². The zero-order chi connectivity index (χ0) is 21.3. The molecule has 10 heteroatoms. The number of nitrogen functional groups attached to an aromatic ring is 1. The third kappa shape index (κ3) is 2.86. The monoisotopic (exact) mass is 420 g/mol. The molecule has 2 aliphatic rings. The van der Waals surface area contributed by atoms with Gasteiger partial charge in [-0.15, -0.1) is 0 Å². The summed E-state index contributed by atoms with van der Waals surface area (Å²) in [5, 5.41) is 1.38. The Balaban J connectivity index is 1.54. The standard InChI is InChI=1S/C21H21FN8O/c1-9-25-6-13(7-26-9)31-21-28-19-17(14-3-11(22)4-16(24)18(14)27-19)20(29-21)30-8-10-2-12(30)5-15(10)23/h3-4,6-7,10,12,15H,2,5,8,23-24H2,1H3,(H,27,28,29)/t10?,12?,15-/m1/s1. The minimum Gasteiger partial charge on any atom is -0.421 e. The van der Waals surface area contributed by atoms with Crippen molar-refractivity contribution in [2.45, 2.75) is 31.8 Å². The number of anilines is 2. The summed E-state index contributed by atoms with van der Waals surface area (Å²) in [5.41, 5.74) is 13.8. The molecule has 1 aliphatic carbocycles. The molecule has 3 atom stereocenters. The lowest BCUT2D eigenvalue weighted by atomic mass is 10.0. The molecule has 1 aromatic carbocycles. The highest BCUT2D eigenvalue weighted by atomic mass is 19.1. The van der Waals surface area contributed by atoms with Crippen LogP contribution in [0.5, 0.6) is 11.8 Å². The maximum Gasteiger partial charge on any atom is 0.326 e. The molecule has 31 heavy (non-hydrogen) atoms. The highest BCUT2D eigenvalue weighted by Crippen LogP contribution is 2.43. The Morgan fingerprint density at radius 3 is 2.71 bits per heavy atom. The summed E-state index contributed by atoms with van der Waals surface area (Å²) >= 11 is 0. The van der Waals surface area contributed by atoms with E-state index in [-0.39, 0.29) is 18.1 Å². The number of aryl methyl sites for hydroxylation is 1. The lowest BCUT2D eigenvalue weighted by Crippen LogP contribution is -2.41. The van der Waals surface area contributed by atoms with Crippen LogP contribution in [0, 0.1) is 18.7 Å². The molecule has 4 heterocycles. The quantitative estimate of drug-likeness (QED) is 0.431. The molecule has 0 radical (unpaired) electrons. The fraction of sp³-hybridized carbons (Fsp3) is 0.333. The second kappa shape index (κ2) is 6.48. The second-order valence-electron chi connectivity index (χ2n) is 8.37. The highest BCUT2D eigenvalue weighted by Gasteiger charge is 2.44. The van der Waals surface area contributed by atoms with Crippen LogP contribution < -0.4 is 21.1 Å². The number of rotatable bonds is 3. The van der Waals surface area contributed by atoms with Crippen molar-refractivity contribution in [3.63, 3.8) is 0 Å². The summed E-state index contributed by atoms with van der Waals surface area (Å²) in [7, 11) is 0. The van der Waals surface area contributed by atoms with Crippen molar-refractivity contribution in [3.05, 3.63) is 36.2 Å². The molecule has 4 aromatic rings. The van der Waals surface area contributed by atoms with E-state index in [0.29, 0.717) is 45.5 Å². The number of aromatic amines is 1. The Morgan fingerprint density at radius 2 is 2.00 bits per heavy atom. The number of nitrogens with one attached hydrogen (secondary N) is 1. The molecule has 1 saturated carbocycles. The van der Waals surface area contributed by atoms with Gasteiger partial charge < -0.3 is 26.1 Å². The summed E-state index contributed by atoms with van der Waals surface area (Å²) in [6, 6.07) is 3.40. The Morgan fingerprint density at radius 1 is 1.19 bits per heavy atom. The van der Waals surface area contributed by atoms with Crippen LogP contribution in [0.4, 0.5) is 15.9 Å². The molecule has 5 N–H and O–H groups in total. The van der Waals surface area contributed by atoms with Crippen molar-refractivity contribution in [2.75, 3.05) is 17.2 Å². The molecule has 2 bridgehead atoms. The lowest BCUT2D eigenvalue weighted by Gasteiger charge is -2.31. The van der Waals surface area contributed by atoms with Crippen molar-refractivity contribution < 1.29 is 9.13 Å². The smallest absolute Gasteiger partial charge is 0.326 e. The van der Waals surface area contributed by atoms with Gasteiger partial charge in [-0.05, 0) is 37.8 Å². The molecular formula is C21H21FN8O. The van der Waals surface area contributed by atoms with Crippen molar-refractivity contribution in [1.29, 1.82) is 0 Å². The number of aromatic nitrogens is 5. The molecule has 1 aliphatic heterocycles. The number of benzene rings is 1. The summed E-state index contributed by atoms with van der Waals surface area (Å²) in [6.45, 7) is 2.59. The number of nitrogens with two attached hydrogens (primary N) is 2. The number of fused-ring (bicyclic) bond motifs is 5. The van der Waals surface area contributed by atoms with Crippen LogP contribution in [0.3, 0.4) is 0 Å². The molecule has 158 valence electrons. The van der Waals surface area contributed by atoms with Crippen LogP contribution in [-0.4, -0.2) is 43.5 Å². The minimum absolute atomic E-state index is 0.160. The fourth-order valence-electron chi connectivity index (χ4n) is 4.90. The van der Waals surface area contributed by atoms with Crippen molar-refractivity contribution in [3.8, 4) is 11.8 Å². The second-order valence-corrected chi connectivity index (χ2v) is 8.37. The van der Waals surface area contributed by atoms with Gasteiger partial charge in [0.2, 0.25) is 0 Å². The topological polar surface area (TPSA) is 132 Å². The first-order valence-corrected chi connectivity index (χ1v) is 10.2. The predicted molar refractivity (Wildman–Crippen MR) is 114 cm³/mol. The van der Waals surface area contributed by atoms with Crippen molar-refractivity contribution in [2.24, 2.45) is 11.7 Å². The van der Waals surface area contributed by atoms with Gasteiger partial charge in [0.15, 0.2) is 5.75 Å². The number of hydrogen-bond donors (Lipinski definition) is 3. The summed E-state index contributed by atoms with van der Waals surface area (Å²) in [6.07, 6.45) is 5.07. The zero-order valence-electron chi connectivity index (χ0n) is 16.8. The Hall–Kier alpha value is -3.53. The predicted octanol–water partition coefficient (Wildman–Crippen LogP) is 2.65. The van der Waals surface area contributed by atoms with Gasteiger partial charge in [-0.2, -0.15) is 9.97 Å². The number of nitrogens with zero attached hydrogens (tertiary/aromatic N) is 5. The average molecular weight is 420 g/mol. The molecule has 6 rings (SSSR count). The average Bonchev–Trinajstić information content (AvgIpc) is 3.41. The molecule has 2 unspecified atom stereocenters. The van der Waals surface area contributed by atoms with E-state index in [0.717, 1.165) is 24.8 Å². The summed E-state index contributed by atoms with van der Waals surface area (Å²) in [4.78, 5) is 23.0. The van der Waals surface area contributed by atoms with Crippen molar-refractivity contribution in [1.82, 2.24) is 24.9 Å². The fourth-order valence-corrected chi connectivity index (χ4v) is 4.90. The first-order valence-electron chi connectivity index (χ1n) is 10.2. The maximum absolute atomic E-state index is 14.2. The number of halogens is 1. The minimum atomic E-state index is -0.404. The van der Waals surface area contributed by atoms with E-state index >= 15 is 0 Å². The molecule has 3 aromatic heterocycles. The van der Waals surface area contributed by atoms with Gasteiger partial charge in [0.1, 0.15) is 23.1 Å². The van der Waals surface area contributed by atoms with Gasteiger partial charge >= 0.3 is 6.01 Å². The lowest BCUT2D eigenvalue weighted by molar-refractivity contribution is 0.435. The highest BCUT2D eigenvalue weighted by molar-refractivity contribution is 6.14. The number of piperidine rings is 1. The van der Waals surface area contributed by atoms with Crippen LogP contribution in [-0.2, 0) is 0 Å². The third-order valence-corrected chi connectivity index (χ3v) is 6.35. The van der Waals surface area contributed by atoms with Crippen LogP contribution in [0.2, 0.25) is 0 Å². The number of hydrogen-bond acceptors (Lipinski definition) is 8. The van der Waals surface area contributed by atoms with Crippen LogP contribution in [0.1, 0.15) is 18.7 Å². The van der Waals surface area contributed by atoms with Gasteiger partial charge in [-0.25, -0.2) is 14.4 Å². The maximum atomic E-state index is 14.2. The largest absolute Gasteiger partial charge is 0.421 e. The van der Waals surface area contributed by atoms with E-state index in [1.54, 1.807) is 19.3 Å². The van der Waals surface area contributed by atoms with E-state index in [1.807, 2.05) is 0 Å². The van der Waals surface area contributed by atoms with E-state index in [2.05, 4.69) is 24.8 Å². The Bertz CT molecular complexity index is 1320. The van der Waals surface area contributed by atoms with Crippen molar-refractivity contribution >= 4 is 33.4 Å². The van der Waals surface area contributed by atoms with Gasteiger partial charge in [0, 0.05) is 24.0 Å². The first-order chi connectivity index (χ1) is 15.0. The summed E-state index contributed by atoms with van der Waals surface area (Å²) < 4.78 is 20.1. The molecular weight excluding hydrogens is 399 g/mol. The van der Waals surface area contributed by atoms with Gasteiger partial charge in [-0.3, -0.25) is 0 Å². The van der Waals surface area contributed by atoms with Crippen LogP contribution >= 0.6 is 0 Å². The van der Waals surface area contributed by atoms with Gasteiger partial charge in [0.25, 0.3) is 0 Å². The number of H-pyrrole nitrogens is 1. The van der Waals surface area contributed by atoms with Crippen LogP contribution in [0.15, 0.2) is 24.5 Å². The molecule has 0 spiro atoms. The van der Waals surface area contributed by atoms with Crippen LogP contribution in [0.25, 0.3) is 21.9 Å². The van der Waals surface area contributed by atoms with E-state index < -0.39 is 5.82 Å². The Kier molecular flexibility index (Phi) is 3.82. The molecule has 0 amide bonds. The molecule has 9 nitrogen and oxygen atoms in total. The molecule has 2 fully saturated rings. The molecule has 1 saturated heterocycles. The SMILES string of the molecule is Cc1ncc(Oc2nc(N3CC4CC3C[C@H]4N)c3c(n2)[nH]c2c(N)cc(F)cc23)cn1. The Labute approximate surface area is 176 Å². The summed E-state index contributed by atoms with van der Waals surface area (Å²) in [5.74, 6) is 1.78. The van der Waals surface area contributed by atoms with E-state index in [9.17, 15) is 4.39 Å². The zero-order valence-corrected chi connectivity index (χ0v) is 16.8. The van der Waals surface area contributed by atoms with E-state index in [4.69, 9.17) is 21.2 Å². The van der Waals surface area contributed by atoms with Gasteiger partial charge in [0.05, 0.1) is 29.0 Å². The third-order valence-electron chi connectivity index (χ3n) is 6.35. The number of ether oxygens (including phenoxy) is 1. The normalized spacial score (nSPS) is 22.7.